The van der Waals surface area contributed by atoms with Crippen molar-refractivity contribution >= 4 is 5.69 Å². The maximum absolute atomic E-state index is 14.1. The molecule has 0 spiro atoms. The van der Waals surface area contributed by atoms with Gasteiger partial charge in [0.1, 0.15) is 5.82 Å². The van der Waals surface area contributed by atoms with Crippen LogP contribution in [0.15, 0.2) is 18.2 Å². The van der Waals surface area contributed by atoms with E-state index in [2.05, 4.69) is 16.7 Å². The van der Waals surface area contributed by atoms with Crippen molar-refractivity contribution in [3.8, 4) is 0 Å². The second-order valence-electron chi connectivity index (χ2n) is 5.68. The van der Waals surface area contributed by atoms with Gasteiger partial charge in [-0.1, -0.05) is 6.07 Å². The summed E-state index contributed by atoms with van der Waals surface area (Å²) in [6, 6.07) is 6.42. The Morgan fingerprint density at radius 3 is 2.63 bits per heavy atom. The van der Waals surface area contributed by atoms with Crippen molar-refractivity contribution in [2.24, 2.45) is 0 Å². The van der Waals surface area contributed by atoms with Crippen molar-refractivity contribution in [1.82, 2.24) is 4.90 Å². The minimum absolute atomic E-state index is 0.104. The maximum Gasteiger partial charge on any atom is 0.146 e. The molecule has 1 aromatic rings. The Hall–Kier alpha value is -1.13. The van der Waals surface area contributed by atoms with Gasteiger partial charge in [-0.3, -0.25) is 4.90 Å². The molecule has 2 aliphatic heterocycles. The number of anilines is 1. The molecule has 0 bridgehead atoms. The second kappa shape index (κ2) is 5.10. The fourth-order valence-electron chi connectivity index (χ4n) is 2.95. The summed E-state index contributed by atoms with van der Waals surface area (Å²) in [4.78, 5) is 4.65. The summed E-state index contributed by atoms with van der Waals surface area (Å²) in [7, 11) is 0. The van der Waals surface area contributed by atoms with Crippen LogP contribution in [0, 0.1) is 12.7 Å². The minimum atomic E-state index is -0.104. The summed E-state index contributed by atoms with van der Waals surface area (Å²) in [5.41, 5.74) is 1.71. The molecule has 0 N–H and O–H groups in total. The first-order valence-corrected chi connectivity index (χ1v) is 7.00. The van der Waals surface area contributed by atoms with Crippen LogP contribution in [0.5, 0.6) is 0 Å². The van der Waals surface area contributed by atoms with E-state index in [0.29, 0.717) is 12.1 Å². The molecule has 2 aliphatic rings. The average Bonchev–Trinajstić information content (AvgIpc) is 2.28. The Labute approximate surface area is 114 Å². The van der Waals surface area contributed by atoms with Gasteiger partial charge in [0.05, 0.1) is 24.9 Å². The molecule has 4 heteroatoms. The molecule has 3 nitrogen and oxygen atoms in total. The summed E-state index contributed by atoms with van der Waals surface area (Å²) in [5, 5.41) is 0. The third-order valence-electron chi connectivity index (χ3n) is 4.21. The van der Waals surface area contributed by atoms with Gasteiger partial charge in [-0.15, -0.1) is 0 Å². The third kappa shape index (κ3) is 2.47. The highest BCUT2D eigenvalue weighted by atomic mass is 19.1. The number of hydrogen-bond acceptors (Lipinski definition) is 3. The molecule has 0 radical (unpaired) electrons. The van der Waals surface area contributed by atoms with E-state index in [9.17, 15) is 4.39 Å². The fraction of sp³-hybridized carbons (Fsp3) is 0.600. The largest absolute Gasteiger partial charge is 0.378 e. The van der Waals surface area contributed by atoms with Gasteiger partial charge < -0.3 is 9.64 Å². The number of ether oxygens (including phenoxy) is 1. The lowest BCUT2D eigenvalue weighted by molar-refractivity contribution is -0.0691. The number of piperazine rings is 1. The lowest BCUT2D eigenvalue weighted by Crippen LogP contribution is -2.59. The monoisotopic (exact) mass is 264 g/mol. The topological polar surface area (TPSA) is 15.7 Å². The first-order chi connectivity index (χ1) is 9.15. The molecule has 0 unspecified atom stereocenters. The van der Waals surface area contributed by atoms with E-state index in [4.69, 9.17) is 4.74 Å². The smallest absolute Gasteiger partial charge is 0.146 e. The summed E-state index contributed by atoms with van der Waals surface area (Å²) in [5.74, 6) is -0.104. The number of benzene rings is 1. The third-order valence-corrected chi connectivity index (χ3v) is 4.21. The van der Waals surface area contributed by atoms with Gasteiger partial charge in [0.25, 0.3) is 0 Å². The van der Waals surface area contributed by atoms with Gasteiger partial charge in [0.15, 0.2) is 0 Å². The van der Waals surface area contributed by atoms with E-state index in [1.54, 1.807) is 6.07 Å². The lowest BCUT2D eigenvalue weighted by atomic mass is 10.1. The highest BCUT2D eigenvalue weighted by Gasteiger charge is 2.32. The van der Waals surface area contributed by atoms with Crippen LogP contribution in [0.1, 0.15) is 12.5 Å². The Morgan fingerprint density at radius 1 is 1.26 bits per heavy atom. The molecule has 0 saturated carbocycles. The van der Waals surface area contributed by atoms with Crippen LogP contribution in [0.3, 0.4) is 0 Å². The molecule has 19 heavy (non-hydrogen) atoms. The van der Waals surface area contributed by atoms with E-state index in [0.717, 1.165) is 44.1 Å². The molecule has 0 amide bonds. The Morgan fingerprint density at radius 2 is 2.05 bits per heavy atom. The van der Waals surface area contributed by atoms with Crippen LogP contribution >= 0.6 is 0 Å². The molecular weight excluding hydrogens is 243 g/mol. The zero-order valence-electron chi connectivity index (χ0n) is 11.6. The highest BCUT2D eigenvalue weighted by molar-refractivity contribution is 5.50. The van der Waals surface area contributed by atoms with E-state index >= 15 is 0 Å². The number of halogens is 1. The number of nitrogens with zero attached hydrogens (tertiary/aromatic N) is 2. The van der Waals surface area contributed by atoms with Crippen LogP contribution < -0.4 is 4.90 Å². The molecule has 3 rings (SSSR count). The fourth-order valence-corrected chi connectivity index (χ4v) is 2.95. The number of aryl methyl sites for hydroxylation is 1. The predicted molar refractivity (Wildman–Crippen MR) is 74.1 cm³/mol. The maximum atomic E-state index is 14.1. The van der Waals surface area contributed by atoms with Crippen molar-refractivity contribution < 1.29 is 9.13 Å². The van der Waals surface area contributed by atoms with Gasteiger partial charge in [0, 0.05) is 25.7 Å². The summed E-state index contributed by atoms with van der Waals surface area (Å²) in [6.07, 6.45) is 0. The van der Waals surface area contributed by atoms with Crippen molar-refractivity contribution in [3.05, 3.63) is 29.6 Å². The van der Waals surface area contributed by atoms with Gasteiger partial charge in [0.2, 0.25) is 0 Å². The molecule has 2 heterocycles. The molecule has 104 valence electrons. The van der Waals surface area contributed by atoms with E-state index in [-0.39, 0.29) is 5.82 Å². The van der Waals surface area contributed by atoms with Crippen LogP contribution in [0.2, 0.25) is 0 Å². The SMILES string of the molecule is Cc1ccc(N2CCN(C3COC3)C[C@@H]2C)c(F)c1. The normalized spacial score (nSPS) is 25.4. The average molecular weight is 264 g/mol. The molecule has 0 aromatic heterocycles. The Balaban J connectivity index is 1.72. The van der Waals surface area contributed by atoms with E-state index in [1.807, 2.05) is 19.1 Å². The zero-order chi connectivity index (χ0) is 13.4. The minimum Gasteiger partial charge on any atom is -0.378 e. The molecule has 0 aliphatic carbocycles. The summed E-state index contributed by atoms with van der Waals surface area (Å²) >= 11 is 0. The van der Waals surface area contributed by atoms with Crippen LogP contribution in [0.4, 0.5) is 10.1 Å². The first kappa shape index (κ1) is 12.9. The standard InChI is InChI=1S/C15H21FN2O/c1-11-3-4-15(14(16)7-11)18-6-5-17(8-12(18)2)13-9-19-10-13/h3-4,7,12-13H,5-6,8-10H2,1-2H3/t12-/m0/s1. The molecule has 1 atom stereocenters. The second-order valence-corrected chi connectivity index (χ2v) is 5.68. The van der Waals surface area contributed by atoms with Gasteiger partial charge in [-0.25, -0.2) is 4.39 Å². The number of rotatable bonds is 2. The van der Waals surface area contributed by atoms with E-state index in [1.165, 1.54) is 0 Å². The van der Waals surface area contributed by atoms with Crippen molar-refractivity contribution in [1.29, 1.82) is 0 Å². The predicted octanol–water partition coefficient (Wildman–Crippen LogP) is 2.04. The highest BCUT2D eigenvalue weighted by Crippen LogP contribution is 2.26. The van der Waals surface area contributed by atoms with Crippen LogP contribution in [-0.4, -0.2) is 49.8 Å². The van der Waals surface area contributed by atoms with Crippen molar-refractivity contribution in [2.75, 3.05) is 37.7 Å². The van der Waals surface area contributed by atoms with Gasteiger partial charge >= 0.3 is 0 Å². The van der Waals surface area contributed by atoms with Gasteiger partial charge in [-0.2, -0.15) is 0 Å². The molecular formula is C15H21FN2O. The van der Waals surface area contributed by atoms with E-state index < -0.39 is 0 Å². The van der Waals surface area contributed by atoms with Crippen molar-refractivity contribution in [2.45, 2.75) is 25.9 Å². The summed E-state index contributed by atoms with van der Waals surface area (Å²) < 4.78 is 19.3. The number of hydrogen-bond donors (Lipinski definition) is 0. The molecule has 1 aromatic carbocycles. The van der Waals surface area contributed by atoms with Crippen LogP contribution in [-0.2, 0) is 4.74 Å². The molecule has 2 saturated heterocycles. The molecule has 2 fully saturated rings. The summed E-state index contributed by atoms with van der Waals surface area (Å²) in [6.45, 7) is 8.66. The van der Waals surface area contributed by atoms with Gasteiger partial charge in [-0.05, 0) is 31.5 Å². The quantitative estimate of drug-likeness (QED) is 0.813. The first-order valence-electron chi connectivity index (χ1n) is 7.00. The Kier molecular flexibility index (Phi) is 3.46. The lowest BCUT2D eigenvalue weighted by Gasteiger charge is -2.46. The van der Waals surface area contributed by atoms with Crippen LogP contribution in [0.25, 0.3) is 0 Å². The zero-order valence-corrected chi connectivity index (χ0v) is 11.6. The van der Waals surface area contributed by atoms with Crippen molar-refractivity contribution in [3.63, 3.8) is 0 Å². The Bertz CT molecular complexity index is 461.